The van der Waals surface area contributed by atoms with E-state index in [0.717, 1.165) is 43.6 Å². The van der Waals surface area contributed by atoms with Crippen molar-refractivity contribution in [2.75, 3.05) is 13.1 Å². The molecule has 0 atom stereocenters. The van der Waals surface area contributed by atoms with E-state index in [4.69, 9.17) is 32.9 Å². The van der Waals surface area contributed by atoms with E-state index in [1.54, 1.807) is 6.07 Å². The van der Waals surface area contributed by atoms with Gasteiger partial charge in [-0.3, -0.25) is 9.47 Å². The number of likely N-dealkylation sites (tertiary alicyclic amines) is 1. The van der Waals surface area contributed by atoms with Crippen molar-refractivity contribution >= 4 is 34.2 Å². The van der Waals surface area contributed by atoms with Crippen molar-refractivity contribution in [2.45, 2.75) is 58.9 Å². The minimum absolute atomic E-state index is 0.493. The maximum absolute atomic E-state index is 6.45. The number of fused-ring (bicyclic) bond motifs is 1. The van der Waals surface area contributed by atoms with E-state index < -0.39 is 0 Å². The zero-order chi connectivity index (χ0) is 22.1. The lowest BCUT2D eigenvalue weighted by Gasteiger charge is -2.19. The number of hydrogen-bond donors (Lipinski definition) is 0. The summed E-state index contributed by atoms with van der Waals surface area (Å²) in [4.78, 5) is 7.50. The predicted molar refractivity (Wildman–Crippen MR) is 130 cm³/mol. The van der Waals surface area contributed by atoms with Crippen molar-refractivity contribution in [1.29, 1.82) is 0 Å². The lowest BCUT2D eigenvalue weighted by molar-refractivity contribution is 0.332. The van der Waals surface area contributed by atoms with Crippen LogP contribution in [0.15, 0.2) is 24.3 Å². The van der Waals surface area contributed by atoms with Crippen LogP contribution in [0.5, 0.6) is 11.8 Å². The second kappa shape index (κ2) is 9.40. The molecule has 1 saturated heterocycles. The number of aromatic nitrogens is 2. The summed E-state index contributed by atoms with van der Waals surface area (Å²) in [6, 6.07) is 8.70. The van der Waals surface area contributed by atoms with Crippen LogP contribution in [-0.4, -0.2) is 27.5 Å². The monoisotopic (exact) mass is 459 g/mol. The standard InChI is InChI=1S/C25H31Cl2N3O/c1-5-17(6-2)20-10-9-18(15-30-11-7-8-12-30)22-23(20)29(4)25(28-22)31-24-16(3)13-19(26)14-21(24)27/h9-10,13-14,17H,5-8,11-12,15H2,1-4H3. The summed E-state index contributed by atoms with van der Waals surface area (Å²) < 4.78 is 8.37. The number of aryl methyl sites for hydroxylation is 2. The molecule has 1 aliphatic rings. The molecule has 4 rings (SSSR count). The first-order valence-corrected chi connectivity index (χ1v) is 12.0. The van der Waals surface area contributed by atoms with Gasteiger partial charge in [0.2, 0.25) is 0 Å². The highest BCUT2D eigenvalue weighted by atomic mass is 35.5. The van der Waals surface area contributed by atoms with Crippen LogP contribution in [0.3, 0.4) is 0 Å². The molecule has 1 aliphatic heterocycles. The molecule has 2 heterocycles. The molecule has 6 heteroatoms. The van der Waals surface area contributed by atoms with Crippen LogP contribution >= 0.6 is 23.2 Å². The third-order valence-corrected chi connectivity index (χ3v) is 7.00. The lowest BCUT2D eigenvalue weighted by Crippen LogP contribution is -2.18. The van der Waals surface area contributed by atoms with Crippen molar-refractivity contribution in [3.63, 3.8) is 0 Å². The highest BCUT2D eigenvalue weighted by molar-refractivity contribution is 6.35. The van der Waals surface area contributed by atoms with Gasteiger partial charge in [0.1, 0.15) is 0 Å². The molecule has 0 N–H and O–H groups in total. The van der Waals surface area contributed by atoms with Crippen LogP contribution in [0.2, 0.25) is 10.0 Å². The Balaban J connectivity index is 1.83. The summed E-state index contributed by atoms with van der Waals surface area (Å²) in [5, 5.41) is 1.10. The van der Waals surface area contributed by atoms with Crippen molar-refractivity contribution in [1.82, 2.24) is 14.5 Å². The van der Waals surface area contributed by atoms with Crippen LogP contribution in [0, 0.1) is 6.92 Å². The van der Waals surface area contributed by atoms with Crippen molar-refractivity contribution < 1.29 is 4.74 Å². The summed E-state index contributed by atoms with van der Waals surface area (Å²) in [5.41, 5.74) is 5.70. The zero-order valence-corrected chi connectivity index (χ0v) is 20.4. The fraction of sp³-hybridized carbons (Fsp3) is 0.480. The van der Waals surface area contributed by atoms with E-state index in [1.807, 2.05) is 20.0 Å². The van der Waals surface area contributed by atoms with Gasteiger partial charge >= 0.3 is 6.01 Å². The summed E-state index contributed by atoms with van der Waals surface area (Å²) in [6.07, 6.45) is 4.75. The van der Waals surface area contributed by atoms with Gasteiger partial charge in [-0.1, -0.05) is 49.2 Å². The van der Waals surface area contributed by atoms with E-state index in [1.165, 1.54) is 29.5 Å². The molecule has 31 heavy (non-hydrogen) atoms. The summed E-state index contributed by atoms with van der Waals surface area (Å²) >= 11 is 12.6. The molecule has 0 amide bonds. The molecule has 0 unspecified atom stereocenters. The first kappa shape index (κ1) is 22.4. The molecule has 1 fully saturated rings. The van der Waals surface area contributed by atoms with Gasteiger partial charge in [-0.05, 0) is 80.4 Å². The Kier molecular flexibility index (Phi) is 6.80. The quantitative estimate of drug-likeness (QED) is 0.366. The first-order chi connectivity index (χ1) is 14.9. The van der Waals surface area contributed by atoms with Gasteiger partial charge in [-0.15, -0.1) is 0 Å². The SMILES string of the molecule is CCC(CC)c1ccc(CN2CCCC2)c2nc(Oc3c(C)cc(Cl)cc3Cl)n(C)c12. The highest BCUT2D eigenvalue weighted by Gasteiger charge is 2.23. The Hall–Kier alpha value is -1.75. The van der Waals surface area contributed by atoms with Crippen LogP contribution in [-0.2, 0) is 13.6 Å². The molecular weight excluding hydrogens is 429 g/mol. The average molecular weight is 460 g/mol. The van der Waals surface area contributed by atoms with Crippen LogP contribution in [0.1, 0.15) is 62.1 Å². The van der Waals surface area contributed by atoms with Crippen LogP contribution in [0.25, 0.3) is 11.0 Å². The van der Waals surface area contributed by atoms with E-state index in [9.17, 15) is 0 Å². The number of hydrogen-bond acceptors (Lipinski definition) is 3. The number of ether oxygens (including phenoxy) is 1. The second-order valence-corrected chi connectivity index (χ2v) is 9.44. The van der Waals surface area contributed by atoms with Gasteiger partial charge in [0.05, 0.1) is 16.1 Å². The molecule has 0 bridgehead atoms. The third-order valence-electron chi connectivity index (χ3n) is 6.50. The molecule has 0 aliphatic carbocycles. The van der Waals surface area contributed by atoms with Crippen molar-refractivity contribution in [2.24, 2.45) is 7.05 Å². The molecule has 2 aromatic carbocycles. The average Bonchev–Trinajstić information content (AvgIpc) is 3.35. The van der Waals surface area contributed by atoms with Crippen LogP contribution < -0.4 is 4.74 Å². The normalized spacial score (nSPS) is 14.8. The second-order valence-electron chi connectivity index (χ2n) is 8.60. The van der Waals surface area contributed by atoms with E-state index in [-0.39, 0.29) is 0 Å². The zero-order valence-electron chi connectivity index (χ0n) is 18.8. The Morgan fingerprint density at radius 1 is 1.10 bits per heavy atom. The van der Waals surface area contributed by atoms with Gasteiger partial charge in [0, 0.05) is 18.6 Å². The van der Waals surface area contributed by atoms with Crippen molar-refractivity contribution in [3.05, 3.63) is 51.0 Å². The maximum atomic E-state index is 6.45. The fourth-order valence-corrected chi connectivity index (χ4v) is 5.38. The molecule has 0 saturated carbocycles. The number of nitrogens with zero attached hydrogens (tertiary/aromatic N) is 3. The van der Waals surface area contributed by atoms with Gasteiger partial charge < -0.3 is 4.74 Å². The Labute approximate surface area is 195 Å². The van der Waals surface area contributed by atoms with Crippen LogP contribution in [0.4, 0.5) is 0 Å². The molecule has 3 aromatic rings. The fourth-order valence-electron chi connectivity index (χ4n) is 4.75. The van der Waals surface area contributed by atoms with E-state index in [0.29, 0.717) is 27.7 Å². The molecule has 0 spiro atoms. The summed E-state index contributed by atoms with van der Waals surface area (Å²) in [6.45, 7) is 9.70. The number of halogens is 2. The highest BCUT2D eigenvalue weighted by Crippen LogP contribution is 2.38. The van der Waals surface area contributed by atoms with E-state index in [2.05, 4.69) is 35.4 Å². The Bertz CT molecular complexity index is 1060. The Morgan fingerprint density at radius 2 is 1.81 bits per heavy atom. The molecular formula is C25H31Cl2N3O. The van der Waals surface area contributed by atoms with Gasteiger partial charge in [-0.25, -0.2) is 0 Å². The smallest absolute Gasteiger partial charge is 0.302 e. The third kappa shape index (κ3) is 4.44. The maximum Gasteiger partial charge on any atom is 0.302 e. The topological polar surface area (TPSA) is 30.3 Å². The number of imidazole rings is 1. The minimum Gasteiger partial charge on any atom is -0.424 e. The largest absolute Gasteiger partial charge is 0.424 e. The molecule has 4 nitrogen and oxygen atoms in total. The number of benzene rings is 2. The predicted octanol–water partition coefficient (Wildman–Crippen LogP) is 7.48. The Morgan fingerprint density at radius 3 is 2.45 bits per heavy atom. The molecule has 0 radical (unpaired) electrons. The first-order valence-electron chi connectivity index (χ1n) is 11.3. The van der Waals surface area contributed by atoms with Crippen molar-refractivity contribution in [3.8, 4) is 11.8 Å². The van der Waals surface area contributed by atoms with Gasteiger partial charge in [0.15, 0.2) is 5.75 Å². The number of rotatable bonds is 7. The molecule has 166 valence electrons. The van der Waals surface area contributed by atoms with Gasteiger partial charge in [0.25, 0.3) is 0 Å². The summed E-state index contributed by atoms with van der Waals surface area (Å²) in [7, 11) is 2.04. The summed E-state index contributed by atoms with van der Waals surface area (Å²) in [5.74, 6) is 1.10. The van der Waals surface area contributed by atoms with Gasteiger partial charge in [-0.2, -0.15) is 4.98 Å². The minimum atomic E-state index is 0.493. The lowest BCUT2D eigenvalue weighted by atomic mass is 9.91. The van der Waals surface area contributed by atoms with E-state index >= 15 is 0 Å². The molecule has 1 aromatic heterocycles.